The number of sulfonamides is 1. The highest BCUT2D eigenvalue weighted by Gasteiger charge is 2.24. The van der Waals surface area contributed by atoms with Crippen LogP contribution in [0.15, 0.2) is 23.1 Å². The lowest BCUT2D eigenvalue weighted by Gasteiger charge is -2.18. The second-order valence-corrected chi connectivity index (χ2v) is 8.70. The summed E-state index contributed by atoms with van der Waals surface area (Å²) < 4.78 is 47.8. The third-order valence-electron chi connectivity index (χ3n) is 2.79. The molecule has 0 atom stereocenters. The van der Waals surface area contributed by atoms with Gasteiger partial charge in [0.2, 0.25) is 10.0 Å². The number of hydrogen-bond donors (Lipinski definition) is 1. The zero-order chi connectivity index (χ0) is 14.8. The molecule has 0 unspecified atom stereocenters. The van der Waals surface area contributed by atoms with Crippen LogP contribution in [-0.2, 0) is 19.9 Å². The van der Waals surface area contributed by atoms with Gasteiger partial charge < -0.3 is 5.73 Å². The van der Waals surface area contributed by atoms with E-state index in [0.29, 0.717) is 11.3 Å². The normalized spacial score (nSPS) is 12.8. The Bertz CT molecular complexity index is 666. The zero-order valence-corrected chi connectivity index (χ0v) is 12.8. The molecule has 0 aromatic heterocycles. The molecule has 0 heterocycles. The van der Waals surface area contributed by atoms with Gasteiger partial charge in [0.15, 0.2) is 0 Å². The molecule has 0 saturated heterocycles. The van der Waals surface area contributed by atoms with Gasteiger partial charge in [-0.25, -0.2) is 16.8 Å². The third kappa shape index (κ3) is 3.92. The van der Waals surface area contributed by atoms with Gasteiger partial charge in [-0.2, -0.15) is 4.31 Å². The van der Waals surface area contributed by atoms with Crippen molar-refractivity contribution in [3.05, 3.63) is 23.8 Å². The maximum Gasteiger partial charge on any atom is 0.243 e. The molecule has 1 aromatic rings. The van der Waals surface area contributed by atoms with Gasteiger partial charge in [-0.05, 0) is 24.6 Å². The molecule has 0 amide bonds. The lowest BCUT2D eigenvalue weighted by molar-refractivity contribution is 0.484. The number of nitrogens with two attached hydrogens (primary N) is 1. The van der Waals surface area contributed by atoms with E-state index in [1.54, 1.807) is 19.1 Å². The SMILES string of the molecule is Cc1c(N)cccc1S(=O)(=O)N(C)CCS(C)(=O)=O. The number of benzene rings is 1. The number of nitrogens with zero attached hydrogens (tertiary/aromatic N) is 1. The summed E-state index contributed by atoms with van der Waals surface area (Å²) in [5.74, 6) is -0.218. The summed E-state index contributed by atoms with van der Waals surface area (Å²) >= 11 is 0. The quantitative estimate of drug-likeness (QED) is 0.786. The average molecular weight is 306 g/mol. The fraction of sp³-hybridized carbons (Fsp3) is 0.455. The second-order valence-electron chi connectivity index (χ2n) is 4.43. The molecular formula is C11H18N2O4S2. The standard InChI is InChI=1S/C11H18N2O4S2/c1-9-10(12)5-4-6-11(9)19(16,17)13(2)7-8-18(3,14)15/h4-6H,7-8,12H2,1-3H3. The first kappa shape index (κ1) is 15.9. The summed E-state index contributed by atoms with van der Waals surface area (Å²) in [6.45, 7) is 1.53. The van der Waals surface area contributed by atoms with E-state index < -0.39 is 19.9 Å². The summed E-state index contributed by atoms with van der Waals surface area (Å²) in [4.78, 5) is 0.100. The van der Waals surface area contributed by atoms with Gasteiger partial charge in [-0.1, -0.05) is 6.07 Å². The van der Waals surface area contributed by atoms with Crippen LogP contribution in [0.4, 0.5) is 5.69 Å². The molecule has 0 saturated carbocycles. The highest BCUT2D eigenvalue weighted by molar-refractivity contribution is 7.91. The van der Waals surface area contributed by atoms with E-state index in [4.69, 9.17) is 5.73 Å². The Labute approximate surface area is 114 Å². The number of anilines is 1. The van der Waals surface area contributed by atoms with Crippen LogP contribution in [0, 0.1) is 6.92 Å². The minimum atomic E-state index is -3.73. The van der Waals surface area contributed by atoms with E-state index in [-0.39, 0.29) is 17.2 Å². The fourth-order valence-corrected chi connectivity index (χ4v) is 3.64. The topological polar surface area (TPSA) is 97.5 Å². The predicted octanol–water partition coefficient (Wildman–Crippen LogP) is 0.242. The second kappa shape index (κ2) is 5.48. The van der Waals surface area contributed by atoms with Crippen LogP contribution in [0.25, 0.3) is 0 Å². The largest absolute Gasteiger partial charge is 0.398 e. The number of nitrogen functional groups attached to an aromatic ring is 1. The van der Waals surface area contributed by atoms with Gasteiger partial charge in [0.1, 0.15) is 9.84 Å². The first-order chi connectivity index (χ1) is 8.55. The van der Waals surface area contributed by atoms with E-state index in [9.17, 15) is 16.8 Å². The molecule has 19 heavy (non-hydrogen) atoms. The summed E-state index contributed by atoms with van der Waals surface area (Å²) in [7, 11) is -5.59. The van der Waals surface area contributed by atoms with Crippen molar-refractivity contribution in [2.45, 2.75) is 11.8 Å². The van der Waals surface area contributed by atoms with Crippen molar-refractivity contribution in [3.63, 3.8) is 0 Å². The molecule has 0 spiro atoms. The molecule has 1 rings (SSSR count). The summed E-state index contributed by atoms with van der Waals surface area (Å²) in [5.41, 5.74) is 6.53. The minimum Gasteiger partial charge on any atom is -0.398 e. The average Bonchev–Trinajstić information content (AvgIpc) is 2.28. The van der Waals surface area contributed by atoms with E-state index >= 15 is 0 Å². The van der Waals surface area contributed by atoms with Gasteiger partial charge in [0, 0.05) is 25.5 Å². The van der Waals surface area contributed by atoms with E-state index in [1.165, 1.54) is 13.1 Å². The molecule has 8 heteroatoms. The van der Waals surface area contributed by atoms with Crippen LogP contribution >= 0.6 is 0 Å². The number of hydrogen-bond acceptors (Lipinski definition) is 5. The van der Waals surface area contributed by atoms with E-state index in [2.05, 4.69) is 0 Å². The lowest BCUT2D eigenvalue weighted by atomic mass is 10.2. The Balaban J connectivity index is 3.07. The molecule has 0 aliphatic heterocycles. The lowest BCUT2D eigenvalue weighted by Crippen LogP contribution is -2.32. The smallest absolute Gasteiger partial charge is 0.243 e. The van der Waals surface area contributed by atoms with Gasteiger partial charge in [0.05, 0.1) is 10.6 Å². The molecule has 1 aromatic carbocycles. The summed E-state index contributed by atoms with van der Waals surface area (Å²) in [6.07, 6.45) is 1.07. The van der Waals surface area contributed by atoms with Crippen molar-refractivity contribution in [1.82, 2.24) is 4.31 Å². The highest BCUT2D eigenvalue weighted by atomic mass is 32.2. The Morgan fingerprint density at radius 1 is 1.21 bits per heavy atom. The van der Waals surface area contributed by atoms with Crippen molar-refractivity contribution in [2.24, 2.45) is 0 Å². The van der Waals surface area contributed by atoms with Crippen LogP contribution in [0.2, 0.25) is 0 Å². The Hall–Kier alpha value is -1.12. The van der Waals surface area contributed by atoms with Crippen molar-refractivity contribution < 1.29 is 16.8 Å². The summed E-state index contributed by atoms with van der Waals surface area (Å²) in [5, 5.41) is 0. The molecule has 0 bridgehead atoms. The first-order valence-corrected chi connectivity index (χ1v) is 9.05. The molecular weight excluding hydrogens is 288 g/mol. The number of rotatable bonds is 5. The molecule has 2 N–H and O–H groups in total. The van der Waals surface area contributed by atoms with E-state index in [1.807, 2.05) is 0 Å². The van der Waals surface area contributed by atoms with Crippen LogP contribution in [0.1, 0.15) is 5.56 Å². The van der Waals surface area contributed by atoms with Crippen molar-refractivity contribution in [3.8, 4) is 0 Å². The zero-order valence-electron chi connectivity index (χ0n) is 11.1. The number of sulfone groups is 1. The monoisotopic (exact) mass is 306 g/mol. The Morgan fingerprint density at radius 2 is 1.79 bits per heavy atom. The minimum absolute atomic E-state index is 0.0879. The van der Waals surface area contributed by atoms with Gasteiger partial charge in [-0.3, -0.25) is 0 Å². The molecule has 6 nitrogen and oxygen atoms in total. The van der Waals surface area contributed by atoms with Crippen LogP contribution in [0.5, 0.6) is 0 Å². The Morgan fingerprint density at radius 3 is 2.32 bits per heavy atom. The van der Waals surface area contributed by atoms with Gasteiger partial charge in [-0.15, -0.1) is 0 Å². The maximum atomic E-state index is 12.3. The van der Waals surface area contributed by atoms with Gasteiger partial charge in [0.25, 0.3) is 0 Å². The predicted molar refractivity (Wildman–Crippen MR) is 75.1 cm³/mol. The van der Waals surface area contributed by atoms with Gasteiger partial charge >= 0.3 is 0 Å². The molecule has 108 valence electrons. The molecule has 0 radical (unpaired) electrons. The van der Waals surface area contributed by atoms with Crippen LogP contribution < -0.4 is 5.73 Å². The first-order valence-electron chi connectivity index (χ1n) is 5.55. The molecule has 0 fully saturated rings. The third-order valence-corrected chi connectivity index (χ3v) is 5.72. The highest BCUT2D eigenvalue weighted by Crippen LogP contribution is 2.23. The molecule has 0 aliphatic rings. The van der Waals surface area contributed by atoms with E-state index in [0.717, 1.165) is 10.6 Å². The van der Waals surface area contributed by atoms with Crippen molar-refractivity contribution in [1.29, 1.82) is 0 Å². The Kier molecular flexibility index (Phi) is 4.59. The van der Waals surface area contributed by atoms with Crippen molar-refractivity contribution >= 4 is 25.5 Å². The maximum absolute atomic E-state index is 12.3. The van der Waals surface area contributed by atoms with Crippen LogP contribution in [0.3, 0.4) is 0 Å². The van der Waals surface area contributed by atoms with Crippen LogP contribution in [-0.4, -0.2) is 46.7 Å². The van der Waals surface area contributed by atoms with Crippen molar-refractivity contribution in [2.75, 3.05) is 31.3 Å². The fourth-order valence-electron chi connectivity index (χ4n) is 1.49. The summed E-state index contributed by atoms with van der Waals surface area (Å²) in [6, 6.07) is 4.63. The molecule has 0 aliphatic carbocycles.